The summed E-state index contributed by atoms with van der Waals surface area (Å²) in [6.45, 7) is 8.81. The largest absolute Gasteiger partial charge is 0.396 e. The Morgan fingerprint density at radius 3 is 2.40 bits per heavy atom. The summed E-state index contributed by atoms with van der Waals surface area (Å²) in [7, 11) is 0. The fourth-order valence-electron chi connectivity index (χ4n) is 1.31. The van der Waals surface area contributed by atoms with Crippen LogP contribution in [-0.2, 0) is 4.79 Å². The second-order valence-electron chi connectivity index (χ2n) is 4.18. The molecule has 0 heterocycles. The summed E-state index contributed by atoms with van der Waals surface area (Å²) in [6.07, 6.45) is 0.482. The Hall–Kier alpha value is -0.610. The van der Waals surface area contributed by atoms with E-state index in [4.69, 9.17) is 5.11 Å². The lowest BCUT2D eigenvalue weighted by molar-refractivity contribution is -0.122. The molecule has 0 rings (SSSR count). The molecule has 0 aromatic heterocycles. The first-order valence-electron chi connectivity index (χ1n) is 5.64. The third-order valence-electron chi connectivity index (χ3n) is 2.57. The van der Waals surface area contributed by atoms with Gasteiger partial charge in [0.1, 0.15) is 0 Å². The van der Waals surface area contributed by atoms with Crippen molar-refractivity contribution in [2.75, 3.05) is 13.2 Å². The highest BCUT2D eigenvalue weighted by Crippen LogP contribution is 2.01. The third kappa shape index (κ3) is 6.47. The van der Waals surface area contributed by atoms with Crippen molar-refractivity contribution >= 4 is 5.91 Å². The maximum absolute atomic E-state index is 11.5. The van der Waals surface area contributed by atoms with Crippen molar-refractivity contribution < 1.29 is 9.90 Å². The topological polar surface area (TPSA) is 61.4 Å². The van der Waals surface area contributed by atoms with Crippen LogP contribution in [0.3, 0.4) is 0 Å². The van der Waals surface area contributed by atoms with Crippen LogP contribution in [0.15, 0.2) is 0 Å². The summed E-state index contributed by atoms with van der Waals surface area (Å²) in [4.78, 5) is 11.5. The van der Waals surface area contributed by atoms with Crippen molar-refractivity contribution in [2.45, 2.75) is 46.2 Å². The van der Waals surface area contributed by atoms with Crippen LogP contribution in [0.2, 0.25) is 0 Å². The summed E-state index contributed by atoms with van der Waals surface area (Å²) in [5.41, 5.74) is 0. The van der Waals surface area contributed by atoms with Crippen LogP contribution < -0.4 is 10.6 Å². The summed E-state index contributed by atoms with van der Waals surface area (Å²) >= 11 is 0. The highest BCUT2D eigenvalue weighted by Gasteiger charge is 2.15. The smallest absolute Gasteiger partial charge is 0.221 e. The van der Waals surface area contributed by atoms with Crippen LogP contribution in [0.5, 0.6) is 0 Å². The Bertz CT molecular complexity index is 185. The van der Waals surface area contributed by atoms with Crippen LogP contribution in [0.25, 0.3) is 0 Å². The summed E-state index contributed by atoms with van der Waals surface area (Å²) < 4.78 is 0. The van der Waals surface area contributed by atoms with Gasteiger partial charge in [0.05, 0.1) is 0 Å². The Morgan fingerprint density at radius 2 is 1.93 bits per heavy atom. The van der Waals surface area contributed by atoms with E-state index in [0.29, 0.717) is 6.42 Å². The summed E-state index contributed by atoms with van der Waals surface area (Å²) in [6, 6.07) is 0.225. The van der Waals surface area contributed by atoms with E-state index >= 15 is 0 Å². The molecule has 0 aliphatic carbocycles. The van der Waals surface area contributed by atoms with E-state index in [1.165, 1.54) is 0 Å². The van der Waals surface area contributed by atoms with E-state index in [2.05, 4.69) is 10.6 Å². The average molecular weight is 216 g/mol. The second kappa shape index (κ2) is 7.65. The first-order valence-corrected chi connectivity index (χ1v) is 5.64. The van der Waals surface area contributed by atoms with Gasteiger partial charge in [-0.3, -0.25) is 4.79 Å². The minimum Gasteiger partial charge on any atom is -0.396 e. The average Bonchev–Trinajstić information content (AvgIpc) is 2.16. The van der Waals surface area contributed by atoms with Gasteiger partial charge < -0.3 is 15.7 Å². The number of hydrogen-bond acceptors (Lipinski definition) is 3. The molecule has 4 nitrogen and oxygen atoms in total. The highest BCUT2D eigenvalue weighted by atomic mass is 16.3. The van der Waals surface area contributed by atoms with Crippen molar-refractivity contribution in [3.63, 3.8) is 0 Å². The van der Waals surface area contributed by atoms with Gasteiger partial charge in [-0.15, -0.1) is 0 Å². The zero-order valence-electron chi connectivity index (χ0n) is 10.2. The molecule has 0 aliphatic heterocycles. The molecule has 0 spiro atoms. The molecule has 0 saturated heterocycles. The Labute approximate surface area is 92.4 Å². The molecule has 90 valence electrons. The van der Waals surface area contributed by atoms with Crippen molar-refractivity contribution in [2.24, 2.45) is 5.92 Å². The number of hydrogen-bond donors (Lipinski definition) is 3. The number of aliphatic hydroxyl groups is 1. The molecule has 0 aromatic carbocycles. The molecule has 0 saturated carbocycles. The van der Waals surface area contributed by atoms with Crippen LogP contribution in [0.4, 0.5) is 0 Å². The van der Waals surface area contributed by atoms with E-state index in [9.17, 15) is 4.79 Å². The predicted octanol–water partition coefficient (Wildman–Crippen LogP) is 0.508. The molecular weight excluding hydrogens is 192 g/mol. The molecule has 0 aromatic rings. The number of aliphatic hydroxyl groups excluding tert-OH is 1. The van der Waals surface area contributed by atoms with Gasteiger partial charge in [0.15, 0.2) is 0 Å². The first-order chi connectivity index (χ1) is 7.01. The molecule has 0 aliphatic rings. The van der Waals surface area contributed by atoms with Gasteiger partial charge in [-0.1, -0.05) is 13.8 Å². The number of nitrogens with one attached hydrogen (secondary N) is 2. The second-order valence-corrected chi connectivity index (χ2v) is 4.18. The zero-order valence-corrected chi connectivity index (χ0v) is 10.2. The Morgan fingerprint density at radius 1 is 1.33 bits per heavy atom. The number of amides is 1. The van der Waals surface area contributed by atoms with Gasteiger partial charge >= 0.3 is 0 Å². The number of carbonyl (C=O) groups is 1. The molecule has 4 heteroatoms. The molecule has 0 fully saturated rings. The van der Waals surface area contributed by atoms with Crippen molar-refractivity contribution in [3.8, 4) is 0 Å². The molecule has 3 N–H and O–H groups in total. The maximum Gasteiger partial charge on any atom is 0.221 e. The monoisotopic (exact) mass is 216 g/mol. The Kier molecular flexibility index (Phi) is 7.34. The zero-order chi connectivity index (χ0) is 11.8. The lowest BCUT2D eigenvalue weighted by Gasteiger charge is -2.20. The summed E-state index contributed by atoms with van der Waals surface area (Å²) in [5.74, 6) is 0.139. The number of carbonyl (C=O) groups excluding carboxylic acids is 1. The standard InChI is InChI=1S/C11H24N2O2/c1-5-12-9(3)6-11(15)13-10(4)8(2)7-14/h8-10,12,14H,5-7H2,1-4H3,(H,13,15). The van der Waals surface area contributed by atoms with Gasteiger partial charge in [0.25, 0.3) is 0 Å². The molecule has 15 heavy (non-hydrogen) atoms. The minimum atomic E-state index is 0.0244. The Balaban J connectivity index is 3.82. The predicted molar refractivity (Wildman–Crippen MR) is 61.6 cm³/mol. The third-order valence-corrected chi connectivity index (χ3v) is 2.57. The van der Waals surface area contributed by atoms with E-state index < -0.39 is 0 Å². The summed E-state index contributed by atoms with van der Waals surface area (Å²) in [5, 5.41) is 15.0. The van der Waals surface area contributed by atoms with Crippen LogP contribution in [0, 0.1) is 5.92 Å². The first kappa shape index (κ1) is 14.4. The van der Waals surface area contributed by atoms with E-state index in [1.54, 1.807) is 0 Å². The lowest BCUT2D eigenvalue weighted by Crippen LogP contribution is -2.41. The minimum absolute atomic E-state index is 0.0244. The van der Waals surface area contributed by atoms with Crippen LogP contribution >= 0.6 is 0 Å². The lowest BCUT2D eigenvalue weighted by atomic mass is 10.0. The molecular formula is C11H24N2O2. The van der Waals surface area contributed by atoms with Crippen molar-refractivity contribution in [3.05, 3.63) is 0 Å². The molecule has 3 atom stereocenters. The molecule has 1 amide bonds. The highest BCUT2D eigenvalue weighted by molar-refractivity contribution is 5.76. The molecule has 0 bridgehead atoms. The van der Waals surface area contributed by atoms with Gasteiger partial charge in [0.2, 0.25) is 5.91 Å². The fourth-order valence-corrected chi connectivity index (χ4v) is 1.31. The van der Waals surface area contributed by atoms with Crippen molar-refractivity contribution in [1.29, 1.82) is 0 Å². The van der Waals surface area contributed by atoms with Crippen LogP contribution in [0.1, 0.15) is 34.1 Å². The van der Waals surface area contributed by atoms with E-state index in [0.717, 1.165) is 6.54 Å². The quantitative estimate of drug-likeness (QED) is 0.581. The van der Waals surface area contributed by atoms with E-state index in [1.807, 2.05) is 27.7 Å². The van der Waals surface area contributed by atoms with Crippen molar-refractivity contribution in [1.82, 2.24) is 10.6 Å². The molecule has 0 radical (unpaired) electrons. The van der Waals surface area contributed by atoms with Gasteiger partial charge in [0, 0.05) is 25.1 Å². The number of rotatable bonds is 7. The SMILES string of the molecule is CCNC(C)CC(=O)NC(C)C(C)CO. The van der Waals surface area contributed by atoms with Gasteiger partial charge in [-0.2, -0.15) is 0 Å². The normalized spacial score (nSPS) is 16.9. The van der Waals surface area contributed by atoms with Gasteiger partial charge in [-0.05, 0) is 26.3 Å². The molecule has 3 unspecified atom stereocenters. The maximum atomic E-state index is 11.5. The van der Waals surface area contributed by atoms with E-state index in [-0.39, 0.29) is 30.5 Å². The van der Waals surface area contributed by atoms with Gasteiger partial charge in [-0.25, -0.2) is 0 Å². The van der Waals surface area contributed by atoms with Crippen LogP contribution in [-0.4, -0.2) is 36.2 Å². The fraction of sp³-hybridized carbons (Fsp3) is 0.909.